The third-order valence-corrected chi connectivity index (χ3v) is 1.79. The summed E-state index contributed by atoms with van der Waals surface area (Å²) in [5.41, 5.74) is -0.264. The van der Waals surface area contributed by atoms with Gasteiger partial charge < -0.3 is 9.84 Å². The first-order valence-corrected chi connectivity index (χ1v) is 4.32. The second-order valence-corrected chi connectivity index (χ2v) is 2.84. The minimum atomic E-state index is -1.16. The number of rotatable bonds is 3. The van der Waals surface area contributed by atoms with Crippen LogP contribution in [0.25, 0.3) is 0 Å². The van der Waals surface area contributed by atoms with Gasteiger partial charge >= 0.3 is 35.5 Å². The molecule has 0 aliphatic heterocycles. The van der Waals surface area contributed by atoms with Gasteiger partial charge in [0.2, 0.25) is 0 Å². The summed E-state index contributed by atoms with van der Waals surface area (Å²) < 4.78 is 17.2. The Kier molecular flexibility index (Phi) is 6.72. The number of hydrogen-bond acceptors (Lipinski definition) is 4. The summed E-state index contributed by atoms with van der Waals surface area (Å²) in [6.07, 6.45) is 0.504. The van der Waals surface area contributed by atoms with E-state index >= 15 is 0 Å². The molecular formula is C11H8FNaO4. The van der Waals surface area contributed by atoms with Crippen LogP contribution >= 0.6 is 0 Å². The van der Waals surface area contributed by atoms with Gasteiger partial charge in [-0.15, -0.1) is 0 Å². The first-order chi connectivity index (χ1) is 7.56. The van der Waals surface area contributed by atoms with Gasteiger partial charge in [-0.05, 0) is 24.0 Å². The molecule has 1 aromatic rings. The molecule has 0 bridgehead atoms. The van der Waals surface area contributed by atoms with Crippen molar-refractivity contribution in [3.05, 3.63) is 47.5 Å². The van der Waals surface area contributed by atoms with E-state index in [2.05, 4.69) is 4.74 Å². The fourth-order valence-corrected chi connectivity index (χ4v) is 1.02. The van der Waals surface area contributed by atoms with E-state index < -0.39 is 23.3 Å². The van der Waals surface area contributed by atoms with Crippen LogP contribution in [0.3, 0.4) is 0 Å². The standard InChI is InChI=1S/C11H9FO4.Na/c1-16-11(15)10(14)6-9(13)7-4-2-3-5-8(7)12;/h2-6,14H,1H3;/q;+1/p-1/b10-6-;. The molecule has 0 amide bonds. The number of carbonyl (C=O) groups is 2. The van der Waals surface area contributed by atoms with Gasteiger partial charge in [-0.2, -0.15) is 0 Å². The van der Waals surface area contributed by atoms with Crippen LogP contribution in [0.5, 0.6) is 0 Å². The van der Waals surface area contributed by atoms with Gasteiger partial charge in [0, 0.05) is 0 Å². The molecule has 0 fully saturated rings. The molecule has 84 valence electrons. The number of benzene rings is 1. The fourth-order valence-electron chi connectivity index (χ4n) is 1.02. The number of ether oxygens (including phenoxy) is 1. The van der Waals surface area contributed by atoms with Gasteiger partial charge in [-0.25, -0.2) is 9.18 Å². The van der Waals surface area contributed by atoms with Crippen molar-refractivity contribution in [1.82, 2.24) is 0 Å². The molecule has 4 nitrogen and oxygen atoms in total. The summed E-state index contributed by atoms with van der Waals surface area (Å²) in [7, 11) is 1.02. The molecule has 1 rings (SSSR count). The number of carbonyl (C=O) groups excluding carboxylic acids is 2. The molecule has 0 saturated heterocycles. The third-order valence-electron chi connectivity index (χ3n) is 1.79. The Balaban J connectivity index is 0.00000256. The van der Waals surface area contributed by atoms with E-state index in [0.717, 1.165) is 13.2 Å². The van der Waals surface area contributed by atoms with Crippen molar-refractivity contribution >= 4 is 11.8 Å². The number of methoxy groups -OCH3 is 1. The van der Waals surface area contributed by atoms with Crippen molar-refractivity contribution in [2.24, 2.45) is 0 Å². The van der Waals surface area contributed by atoms with Crippen molar-refractivity contribution in [2.45, 2.75) is 0 Å². The summed E-state index contributed by atoms with van der Waals surface area (Å²) in [6.45, 7) is 0. The number of halogens is 1. The van der Waals surface area contributed by atoms with Crippen molar-refractivity contribution in [2.75, 3.05) is 7.11 Å². The maximum absolute atomic E-state index is 13.1. The van der Waals surface area contributed by atoms with Crippen molar-refractivity contribution in [1.29, 1.82) is 0 Å². The zero-order valence-corrected chi connectivity index (χ0v) is 11.4. The first kappa shape index (κ1) is 15.8. The number of allylic oxidation sites excluding steroid dienone is 1. The second-order valence-electron chi connectivity index (χ2n) is 2.84. The largest absolute Gasteiger partial charge is 1.00 e. The Morgan fingerprint density at radius 1 is 1.35 bits per heavy atom. The summed E-state index contributed by atoms with van der Waals surface area (Å²) in [4.78, 5) is 22.1. The van der Waals surface area contributed by atoms with Crippen LogP contribution in [-0.4, -0.2) is 18.9 Å². The molecule has 0 unspecified atom stereocenters. The minimum Gasteiger partial charge on any atom is -0.867 e. The minimum absolute atomic E-state index is 0. The molecule has 0 N–H and O–H groups in total. The van der Waals surface area contributed by atoms with Crippen molar-refractivity contribution < 1.29 is 53.4 Å². The molecule has 0 heterocycles. The van der Waals surface area contributed by atoms with Gasteiger partial charge in [-0.1, -0.05) is 12.1 Å². The molecule has 0 aromatic heterocycles. The first-order valence-electron chi connectivity index (χ1n) is 4.32. The Morgan fingerprint density at radius 3 is 2.47 bits per heavy atom. The average molecular weight is 246 g/mol. The van der Waals surface area contributed by atoms with Crippen molar-refractivity contribution in [3.8, 4) is 0 Å². The predicted octanol–water partition coefficient (Wildman–Crippen LogP) is -2.57. The maximum atomic E-state index is 13.1. The Bertz CT molecular complexity index is 457. The summed E-state index contributed by atoms with van der Waals surface area (Å²) in [6, 6.07) is 5.17. The summed E-state index contributed by atoms with van der Waals surface area (Å²) >= 11 is 0. The molecule has 0 radical (unpaired) electrons. The quantitative estimate of drug-likeness (QED) is 0.193. The van der Waals surface area contributed by atoms with Crippen molar-refractivity contribution in [3.63, 3.8) is 0 Å². The molecule has 0 aliphatic rings. The van der Waals surface area contributed by atoms with E-state index in [4.69, 9.17) is 0 Å². The van der Waals surface area contributed by atoms with E-state index in [0.29, 0.717) is 6.08 Å². The smallest absolute Gasteiger partial charge is 0.867 e. The van der Waals surface area contributed by atoms with Crippen LogP contribution in [0.2, 0.25) is 0 Å². The maximum Gasteiger partial charge on any atom is 1.00 e. The average Bonchev–Trinajstić information content (AvgIpc) is 2.28. The molecule has 0 spiro atoms. The molecular weight excluding hydrogens is 238 g/mol. The second kappa shape index (κ2) is 7.21. The zero-order valence-electron chi connectivity index (χ0n) is 9.40. The van der Waals surface area contributed by atoms with E-state index in [1.165, 1.54) is 18.2 Å². The number of hydrogen-bond donors (Lipinski definition) is 0. The normalized spacial score (nSPS) is 10.4. The van der Waals surface area contributed by atoms with E-state index in [-0.39, 0.29) is 35.1 Å². The zero-order chi connectivity index (χ0) is 12.1. The molecule has 6 heteroatoms. The van der Waals surface area contributed by atoms with E-state index in [1.807, 2.05) is 0 Å². The van der Waals surface area contributed by atoms with E-state index in [1.54, 1.807) is 0 Å². The molecule has 1 aromatic carbocycles. The van der Waals surface area contributed by atoms with Gasteiger partial charge in [0.15, 0.2) is 5.78 Å². The third kappa shape index (κ3) is 4.30. The van der Waals surface area contributed by atoms with Crippen LogP contribution in [-0.2, 0) is 9.53 Å². The van der Waals surface area contributed by atoms with Crippen LogP contribution in [0.1, 0.15) is 10.4 Å². The molecule has 0 aliphatic carbocycles. The van der Waals surface area contributed by atoms with E-state index in [9.17, 15) is 19.1 Å². The molecule has 0 atom stereocenters. The Labute approximate surface area is 119 Å². The fraction of sp³-hybridized carbons (Fsp3) is 0.0909. The number of esters is 1. The van der Waals surface area contributed by atoms with Crippen LogP contribution in [0, 0.1) is 5.82 Å². The molecule has 17 heavy (non-hydrogen) atoms. The molecule has 0 saturated carbocycles. The van der Waals surface area contributed by atoms with Crippen LogP contribution < -0.4 is 34.7 Å². The predicted molar refractivity (Wildman–Crippen MR) is 50.8 cm³/mol. The summed E-state index contributed by atoms with van der Waals surface area (Å²) in [5, 5.41) is 11.0. The van der Waals surface area contributed by atoms with Gasteiger partial charge in [-0.3, -0.25) is 4.79 Å². The van der Waals surface area contributed by atoms with Gasteiger partial charge in [0.1, 0.15) is 5.82 Å². The monoisotopic (exact) mass is 246 g/mol. The van der Waals surface area contributed by atoms with Gasteiger partial charge in [0.25, 0.3) is 0 Å². The van der Waals surface area contributed by atoms with Gasteiger partial charge in [0.05, 0.1) is 12.7 Å². The SMILES string of the molecule is COC(=O)/C([O-])=C/C(=O)c1ccccc1F.[Na+]. The summed E-state index contributed by atoms with van der Waals surface area (Å²) in [5.74, 6) is -3.89. The topological polar surface area (TPSA) is 66.4 Å². The van der Waals surface area contributed by atoms with Crippen LogP contribution in [0.15, 0.2) is 36.1 Å². The van der Waals surface area contributed by atoms with Crippen LogP contribution in [0.4, 0.5) is 4.39 Å². The Hall–Kier alpha value is -1.17. The number of ketones is 1. The Morgan fingerprint density at radius 2 is 1.94 bits per heavy atom.